The Morgan fingerprint density at radius 2 is 1.79 bits per heavy atom. The molecule has 2 N–H and O–H groups in total. The lowest BCUT2D eigenvalue weighted by Crippen LogP contribution is -2.33. The van der Waals surface area contributed by atoms with Crippen LogP contribution in [0.25, 0.3) is 11.0 Å². The van der Waals surface area contributed by atoms with Crippen molar-refractivity contribution in [2.24, 2.45) is 5.92 Å². The minimum Gasteiger partial charge on any atom is -0.346 e. The van der Waals surface area contributed by atoms with E-state index in [1.165, 1.54) is 0 Å². The number of hydrogen-bond acceptors (Lipinski definition) is 4. The summed E-state index contributed by atoms with van der Waals surface area (Å²) in [5.41, 5.74) is 2.72. The van der Waals surface area contributed by atoms with Crippen LogP contribution in [0.3, 0.4) is 0 Å². The third-order valence-electron chi connectivity index (χ3n) is 4.66. The van der Waals surface area contributed by atoms with Gasteiger partial charge < -0.3 is 10.3 Å². The summed E-state index contributed by atoms with van der Waals surface area (Å²) in [4.78, 5) is 20.5. The third-order valence-corrected chi connectivity index (χ3v) is 6.40. The summed E-state index contributed by atoms with van der Waals surface area (Å²) in [6.07, 6.45) is -0.0976. The number of aromatic nitrogens is 2. The maximum Gasteiger partial charge on any atom is 0.221 e. The zero-order chi connectivity index (χ0) is 20.3. The van der Waals surface area contributed by atoms with Crippen LogP contribution in [0.4, 0.5) is 0 Å². The Morgan fingerprint density at radius 3 is 2.43 bits per heavy atom. The molecular formula is C21H25N3O3S. The summed E-state index contributed by atoms with van der Waals surface area (Å²) in [6.45, 7) is 5.87. The second kappa shape index (κ2) is 8.14. The maximum atomic E-state index is 12.5. The van der Waals surface area contributed by atoms with Gasteiger partial charge in [-0.3, -0.25) is 4.79 Å². The van der Waals surface area contributed by atoms with Gasteiger partial charge in [-0.2, -0.15) is 0 Å². The number of amides is 1. The Hall–Kier alpha value is -2.67. The van der Waals surface area contributed by atoms with Crippen molar-refractivity contribution >= 4 is 26.8 Å². The molecular weight excluding hydrogens is 374 g/mol. The van der Waals surface area contributed by atoms with E-state index in [-0.39, 0.29) is 34.9 Å². The topological polar surface area (TPSA) is 91.9 Å². The van der Waals surface area contributed by atoms with E-state index in [2.05, 4.69) is 15.3 Å². The number of carbonyl (C=O) groups is 1. The molecule has 1 heterocycles. The molecule has 0 bridgehead atoms. The normalized spacial score (nSPS) is 13.0. The lowest BCUT2D eigenvalue weighted by molar-refractivity contribution is -0.121. The van der Waals surface area contributed by atoms with Crippen molar-refractivity contribution in [1.29, 1.82) is 0 Å². The first-order valence-corrected chi connectivity index (χ1v) is 10.9. The summed E-state index contributed by atoms with van der Waals surface area (Å²) in [5.74, 6) is 0.228. The van der Waals surface area contributed by atoms with Crippen LogP contribution < -0.4 is 5.32 Å². The molecule has 1 unspecified atom stereocenters. The van der Waals surface area contributed by atoms with Gasteiger partial charge in [0.05, 0.1) is 27.7 Å². The molecule has 148 valence electrons. The number of carbonyl (C=O) groups excluding carboxylic acids is 1. The predicted molar refractivity (Wildman–Crippen MR) is 110 cm³/mol. The van der Waals surface area contributed by atoms with Gasteiger partial charge in [-0.05, 0) is 37.1 Å². The molecule has 0 spiro atoms. The number of benzene rings is 2. The quantitative estimate of drug-likeness (QED) is 0.635. The van der Waals surface area contributed by atoms with E-state index < -0.39 is 9.84 Å². The molecule has 6 nitrogen and oxygen atoms in total. The number of H-pyrrole nitrogens is 1. The highest BCUT2D eigenvalue weighted by Crippen LogP contribution is 2.22. The van der Waals surface area contributed by atoms with Crippen LogP contribution in [0, 0.1) is 12.8 Å². The molecule has 1 atom stereocenters. The number of nitrogens with zero attached hydrogens (tertiary/aromatic N) is 1. The van der Waals surface area contributed by atoms with Crippen LogP contribution in [0.5, 0.6) is 0 Å². The number of para-hydroxylation sites is 2. The smallest absolute Gasteiger partial charge is 0.221 e. The van der Waals surface area contributed by atoms with Gasteiger partial charge in [-0.25, -0.2) is 13.4 Å². The fourth-order valence-corrected chi connectivity index (χ4v) is 4.25. The lowest BCUT2D eigenvalue weighted by atomic mass is 10.0. The van der Waals surface area contributed by atoms with Crippen LogP contribution in [-0.4, -0.2) is 30.0 Å². The molecule has 1 aromatic heterocycles. The van der Waals surface area contributed by atoms with Gasteiger partial charge in [-0.15, -0.1) is 0 Å². The van der Waals surface area contributed by atoms with Gasteiger partial charge in [0.25, 0.3) is 0 Å². The Labute approximate surface area is 165 Å². The molecule has 0 radical (unpaired) electrons. The molecule has 0 aliphatic rings. The minimum atomic E-state index is -3.50. The fourth-order valence-electron chi connectivity index (χ4n) is 3.01. The average Bonchev–Trinajstić information content (AvgIpc) is 3.08. The van der Waals surface area contributed by atoms with Crippen LogP contribution >= 0.6 is 0 Å². The van der Waals surface area contributed by atoms with Crippen molar-refractivity contribution in [3.05, 3.63) is 59.9 Å². The molecule has 2 aromatic carbocycles. The van der Waals surface area contributed by atoms with Gasteiger partial charge >= 0.3 is 0 Å². The standard InChI is InChI=1S/C21H25N3O3S/c1-14(2)20(21-22-17-6-4-5-7-18(17)23-21)24-19(25)12-13-28(26,27)16-10-8-15(3)9-11-16/h4-11,14,20H,12-13H2,1-3H3,(H,22,23)(H,24,25). The first-order chi connectivity index (χ1) is 13.3. The molecule has 0 saturated heterocycles. The van der Waals surface area contributed by atoms with E-state index in [4.69, 9.17) is 0 Å². The van der Waals surface area contributed by atoms with Crippen molar-refractivity contribution in [2.75, 3.05) is 5.75 Å². The first kappa shape index (κ1) is 20.1. The Kier molecular flexibility index (Phi) is 5.84. The van der Waals surface area contributed by atoms with Gasteiger partial charge in [0.1, 0.15) is 5.82 Å². The third kappa shape index (κ3) is 4.59. The maximum absolute atomic E-state index is 12.5. The van der Waals surface area contributed by atoms with Crippen LogP contribution in [0.15, 0.2) is 53.4 Å². The molecule has 0 aliphatic heterocycles. The Bertz CT molecular complexity index is 1040. The molecule has 7 heteroatoms. The number of fused-ring (bicyclic) bond motifs is 1. The molecule has 0 saturated carbocycles. The highest BCUT2D eigenvalue weighted by Gasteiger charge is 2.23. The SMILES string of the molecule is Cc1ccc(S(=O)(=O)CCC(=O)NC(c2nc3ccccc3[nH]2)C(C)C)cc1. The number of nitrogens with one attached hydrogen (secondary N) is 2. The second-order valence-corrected chi connectivity index (χ2v) is 9.42. The summed E-state index contributed by atoms with van der Waals surface area (Å²) in [7, 11) is -3.50. The molecule has 3 rings (SSSR count). The molecule has 0 aliphatic carbocycles. The van der Waals surface area contributed by atoms with Gasteiger partial charge in [0.2, 0.25) is 5.91 Å². The second-order valence-electron chi connectivity index (χ2n) is 7.31. The average molecular weight is 400 g/mol. The van der Waals surface area contributed by atoms with Gasteiger partial charge in [0.15, 0.2) is 9.84 Å². The van der Waals surface area contributed by atoms with Crippen LogP contribution in [-0.2, 0) is 14.6 Å². The minimum absolute atomic E-state index is 0.0956. The van der Waals surface area contributed by atoms with E-state index in [1.54, 1.807) is 24.3 Å². The largest absolute Gasteiger partial charge is 0.346 e. The number of hydrogen-bond donors (Lipinski definition) is 2. The molecule has 3 aromatic rings. The van der Waals surface area contributed by atoms with Crippen molar-refractivity contribution in [3.8, 4) is 0 Å². The summed E-state index contributed by atoms with van der Waals surface area (Å²) in [6, 6.07) is 14.0. The van der Waals surface area contributed by atoms with E-state index in [9.17, 15) is 13.2 Å². The molecule has 0 fully saturated rings. The van der Waals surface area contributed by atoms with Crippen molar-refractivity contribution in [1.82, 2.24) is 15.3 Å². The zero-order valence-electron chi connectivity index (χ0n) is 16.3. The predicted octanol–water partition coefficient (Wildman–Crippen LogP) is 3.55. The number of sulfone groups is 1. The number of aryl methyl sites for hydroxylation is 1. The zero-order valence-corrected chi connectivity index (χ0v) is 17.1. The Balaban J connectivity index is 1.68. The summed E-state index contributed by atoms with van der Waals surface area (Å²) in [5, 5.41) is 2.93. The van der Waals surface area contributed by atoms with E-state index >= 15 is 0 Å². The molecule has 28 heavy (non-hydrogen) atoms. The first-order valence-electron chi connectivity index (χ1n) is 9.30. The van der Waals surface area contributed by atoms with E-state index in [0.717, 1.165) is 16.6 Å². The van der Waals surface area contributed by atoms with Gasteiger partial charge in [0, 0.05) is 6.42 Å². The number of rotatable bonds is 7. The lowest BCUT2D eigenvalue weighted by Gasteiger charge is -2.20. The van der Waals surface area contributed by atoms with Crippen molar-refractivity contribution in [2.45, 2.75) is 38.1 Å². The van der Waals surface area contributed by atoms with Crippen LogP contribution in [0.1, 0.15) is 37.7 Å². The fraction of sp³-hybridized carbons (Fsp3) is 0.333. The number of imidazole rings is 1. The summed E-state index contributed by atoms with van der Waals surface area (Å²) < 4.78 is 24.9. The summed E-state index contributed by atoms with van der Waals surface area (Å²) >= 11 is 0. The van der Waals surface area contributed by atoms with Gasteiger partial charge in [-0.1, -0.05) is 43.7 Å². The highest BCUT2D eigenvalue weighted by atomic mass is 32.2. The Morgan fingerprint density at radius 1 is 1.11 bits per heavy atom. The van der Waals surface area contributed by atoms with E-state index in [1.807, 2.05) is 45.0 Å². The van der Waals surface area contributed by atoms with Crippen molar-refractivity contribution < 1.29 is 13.2 Å². The number of aromatic amines is 1. The van der Waals surface area contributed by atoms with Crippen LogP contribution in [0.2, 0.25) is 0 Å². The highest BCUT2D eigenvalue weighted by molar-refractivity contribution is 7.91. The van der Waals surface area contributed by atoms with Crippen molar-refractivity contribution in [3.63, 3.8) is 0 Å². The molecule has 1 amide bonds. The monoisotopic (exact) mass is 399 g/mol. The van der Waals surface area contributed by atoms with E-state index in [0.29, 0.717) is 5.82 Å².